The van der Waals surface area contributed by atoms with Crippen LogP contribution in [-0.2, 0) is 14.3 Å². The third-order valence-electron chi connectivity index (χ3n) is 6.38. The fourth-order valence-corrected chi connectivity index (χ4v) is 4.18. The molecule has 0 aromatic rings. The summed E-state index contributed by atoms with van der Waals surface area (Å²) < 4.78 is 5.82. The van der Waals surface area contributed by atoms with E-state index in [1.807, 2.05) is 0 Å². The summed E-state index contributed by atoms with van der Waals surface area (Å²) in [6.07, 6.45) is 34.7. The fourth-order valence-electron chi connectivity index (χ4n) is 4.18. The normalized spacial score (nSPS) is 12.7. The van der Waals surface area contributed by atoms with E-state index in [1.165, 1.54) is 19.3 Å². The fraction of sp³-hybridized carbons (Fsp3) is 0.750. The second kappa shape index (κ2) is 27.7. The van der Waals surface area contributed by atoms with Crippen molar-refractivity contribution in [2.45, 2.75) is 155 Å². The van der Waals surface area contributed by atoms with Gasteiger partial charge in [-0.15, -0.1) is 0 Å². The van der Waals surface area contributed by atoms with Crippen LogP contribution in [0.4, 0.5) is 0 Å². The van der Waals surface area contributed by atoms with Crippen molar-refractivity contribution in [3.05, 3.63) is 36.5 Å². The number of unbranched alkanes of at least 4 members (excludes halogenated alkanes) is 11. The molecular formula is C32H56O4. The van der Waals surface area contributed by atoms with E-state index in [2.05, 4.69) is 50.3 Å². The Kier molecular flexibility index (Phi) is 26.3. The number of esters is 1. The van der Waals surface area contributed by atoms with Crippen LogP contribution in [0.3, 0.4) is 0 Å². The average Bonchev–Trinajstić information content (AvgIpc) is 2.86. The maximum absolute atomic E-state index is 12.3. The van der Waals surface area contributed by atoms with Crippen LogP contribution in [0.5, 0.6) is 0 Å². The van der Waals surface area contributed by atoms with Crippen molar-refractivity contribution < 1.29 is 19.4 Å². The molecule has 4 nitrogen and oxygen atoms in total. The second-order valence-corrected chi connectivity index (χ2v) is 9.91. The van der Waals surface area contributed by atoms with E-state index in [9.17, 15) is 9.59 Å². The molecule has 1 N–H and O–H groups in total. The Morgan fingerprint density at radius 3 is 1.81 bits per heavy atom. The van der Waals surface area contributed by atoms with Crippen molar-refractivity contribution in [3.63, 3.8) is 0 Å². The summed E-state index contributed by atoms with van der Waals surface area (Å²) in [5.41, 5.74) is 0. The SMILES string of the molecule is CC/C=C\C/C=C\C/C=C\CCCCCCCC(=O)OC(CCCC)CCCCCCCCC(=O)O. The van der Waals surface area contributed by atoms with E-state index in [1.54, 1.807) is 0 Å². The Labute approximate surface area is 222 Å². The highest BCUT2D eigenvalue weighted by atomic mass is 16.5. The van der Waals surface area contributed by atoms with Gasteiger partial charge < -0.3 is 9.84 Å². The summed E-state index contributed by atoms with van der Waals surface area (Å²) in [6, 6.07) is 0. The zero-order chi connectivity index (χ0) is 26.5. The molecule has 208 valence electrons. The Morgan fingerprint density at radius 2 is 1.17 bits per heavy atom. The van der Waals surface area contributed by atoms with Crippen LogP contribution in [0.25, 0.3) is 0 Å². The lowest BCUT2D eigenvalue weighted by atomic mass is 10.0. The van der Waals surface area contributed by atoms with Gasteiger partial charge in [0.1, 0.15) is 6.10 Å². The minimum absolute atomic E-state index is 0.0223. The highest BCUT2D eigenvalue weighted by molar-refractivity contribution is 5.69. The number of rotatable bonds is 26. The van der Waals surface area contributed by atoms with Gasteiger partial charge in [0.15, 0.2) is 0 Å². The summed E-state index contributed by atoms with van der Waals surface area (Å²) in [5, 5.41) is 8.68. The zero-order valence-corrected chi connectivity index (χ0v) is 23.6. The van der Waals surface area contributed by atoms with Crippen LogP contribution in [-0.4, -0.2) is 23.1 Å². The molecule has 0 saturated heterocycles. The molecule has 0 aliphatic heterocycles. The van der Waals surface area contributed by atoms with Gasteiger partial charge in [0, 0.05) is 12.8 Å². The summed E-state index contributed by atoms with van der Waals surface area (Å²) in [4.78, 5) is 22.9. The van der Waals surface area contributed by atoms with Crippen molar-refractivity contribution >= 4 is 11.9 Å². The number of hydrogen-bond donors (Lipinski definition) is 1. The molecule has 1 atom stereocenters. The maximum atomic E-state index is 12.3. The molecule has 0 aliphatic carbocycles. The quantitative estimate of drug-likeness (QED) is 0.0723. The molecule has 36 heavy (non-hydrogen) atoms. The van der Waals surface area contributed by atoms with E-state index < -0.39 is 5.97 Å². The van der Waals surface area contributed by atoms with Crippen molar-refractivity contribution in [1.82, 2.24) is 0 Å². The molecular weight excluding hydrogens is 448 g/mol. The van der Waals surface area contributed by atoms with E-state index in [0.29, 0.717) is 6.42 Å². The minimum Gasteiger partial charge on any atom is -0.481 e. The first-order valence-corrected chi connectivity index (χ1v) is 15.0. The van der Waals surface area contributed by atoms with Crippen molar-refractivity contribution in [2.24, 2.45) is 0 Å². The Bertz CT molecular complexity index is 591. The smallest absolute Gasteiger partial charge is 0.306 e. The Hall–Kier alpha value is -1.84. The van der Waals surface area contributed by atoms with Gasteiger partial charge in [-0.25, -0.2) is 0 Å². The number of ether oxygens (including phenoxy) is 1. The molecule has 0 saturated carbocycles. The van der Waals surface area contributed by atoms with Gasteiger partial charge in [0.2, 0.25) is 0 Å². The lowest BCUT2D eigenvalue weighted by molar-refractivity contribution is -0.150. The van der Waals surface area contributed by atoms with Crippen LogP contribution in [0.15, 0.2) is 36.5 Å². The first-order valence-electron chi connectivity index (χ1n) is 15.0. The van der Waals surface area contributed by atoms with Crippen LogP contribution in [0.1, 0.15) is 149 Å². The third-order valence-corrected chi connectivity index (χ3v) is 6.38. The number of hydrogen-bond acceptors (Lipinski definition) is 3. The molecule has 0 amide bonds. The monoisotopic (exact) mass is 504 g/mol. The Morgan fingerprint density at radius 1 is 0.639 bits per heavy atom. The highest BCUT2D eigenvalue weighted by Crippen LogP contribution is 2.17. The molecule has 0 aromatic carbocycles. The summed E-state index contributed by atoms with van der Waals surface area (Å²) in [7, 11) is 0. The Balaban J connectivity index is 3.75. The van der Waals surface area contributed by atoms with Crippen LogP contribution in [0.2, 0.25) is 0 Å². The van der Waals surface area contributed by atoms with Crippen LogP contribution < -0.4 is 0 Å². The van der Waals surface area contributed by atoms with Gasteiger partial charge in [0.25, 0.3) is 0 Å². The van der Waals surface area contributed by atoms with E-state index in [-0.39, 0.29) is 18.5 Å². The van der Waals surface area contributed by atoms with Crippen LogP contribution in [0, 0.1) is 0 Å². The molecule has 0 spiro atoms. The molecule has 0 rings (SSSR count). The van der Waals surface area contributed by atoms with Gasteiger partial charge in [-0.3, -0.25) is 9.59 Å². The molecule has 0 fully saturated rings. The number of aliphatic carboxylic acids is 1. The average molecular weight is 505 g/mol. The van der Waals surface area contributed by atoms with Crippen molar-refractivity contribution in [3.8, 4) is 0 Å². The lowest BCUT2D eigenvalue weighted by Crippen LogP contribution is -2.18. The van der Waals surface area contributed by atoms with Gasteiger partial charge in [0.05, 0.1) is 0 Å². The molecule has 0 radical (unpaired) electrons. The van der Waals surface area contributed by atoms with Crippen molar-refractivity contribution in [1.29, 1.82) is 0 Å². The zero-order valence-electron chi connectivity index (χ0n) is 23.6. The second-order valence-electron chi connectivity index (χ2n) is 9.91. The largest absolute Gasteiger partial charge is 0.481 e. The van der Waals surface area contributed by atoms with Gasteiger partial charge in [-0.05, 0) is 64.2 Å². The molecule has 4 heteroatoms. The standard InChI is InChI=1S/C32H56O4/c1-3-5-7-8-9-10-11-12-13-14-15-16-17-22-25-29-32(35)36-30(26-6-4-2)27-23-20-18-19-21-24-28-31(33)34/h5,7,9-10,12-13,30H,3-4,6,8,11,14-29H2,1-2H3,(H,33,34)/b7-5-,10-9-,13-12-. The minimum atomic E-state index is -0.700. The first-order chi connectivity index (χ1) is 17.6. The topological polar surface area (TPSA) is 63.6 Å². The number of carbonyl (C=O) groups excluding carboxylic acids is 1. The molecule has 0 aliphatic rings. The summed E-state index contributed by atoms with van der Waals surface area (Å²) in [5.74, 6) is -0.722. The van der Waals surface area contributed by atoms with Gasteiger partial charge >= 0.3 is 11.9 Å². The number of allylic oxidation sites excluding steroid dienone is 6. The summed E-state index contributed by atoms with van der Waals surface area (Å²) >= 11 is 0. The lowest BCUT2D eigenvalue weighted by Gasteiger charge is -2.18. The van der Waals surface area contributed by atoms with Gasteiger partial charge in [-0.1, -0.05) is 108 Å². The van der Waals surface area contributed by atoms with Crippen LogP contribution >= 0.6 is 0 Å². The van der Waals surface area contributed by atoms with Crippen molar-refractivity contribution in [2.75, 3.05) is 0 Å². The summed E-state index contributed by atoms with van der Waals surface area (Å²) in [6.45, 7) is 4.33. The van der Waals surface area contributed by atoms with E-state index >= 15 is 0 Å². The first kappa shape index (κ1) is 34.2. The molecule has 1 unspecified atom stereocenters. The highest BCUT2D eigenvalue weighted by Gasteiger charge is 2.13. The maximum Gasteiger partial charge on any atom is 0.306 e. The molecule has 0 aromatic heterocycles. The third kappa shape index (κ3) is 26.8. The number of carboxylic acids is 1. The molecule has 0 bridgehead atoms. The number of carboxylic acid groups (broad SMARTS) is 1. The van der Waals surface area contributed by atoms with E-state index in [4.69, 9.17) is 9.84 Å². The predicted molar refractivity (Wildman–Crippen MR) is 153 cm³/mol. The van der Waals surface area contributed by atoms with Gasteiger partial charge in [-0.2, -0.15) is 0 Å². The predicted octanol–water partition coefficient (Wildman–Crippen LogP) is 9.88. The number of carbonyl (C=O) groups is 2. The van der Waals surface area contributed by atoms with E-state index in [0.717, 1.165) is 103 Å². The molecule has 0 heterocycles.